The Kier molecular flexibility index (Phi) is 4.03. The van der Waals surface area contributed by atoms with Gasteiger partial charge in [-0.15, -0.1) is 5.10 Å². The highest BCUT2D eigenvalue weighted by Gasteiger charge is 2.05. The number of furan rings is 1. The van der Waals surface area contributed by atoms with Crippen LogP contribution in [0.4, 0.5) is 0 Å². The lowest BCUT2D eigenvalue weighted by Gasteiger charge is -2.04. The number of hydrogen-bond acceptors (Lipinski definition) is 3. The van der Waals surface area contributed by atoms with E-state index in [1.165, 1.54) is 0 Å². The molecular formula is C18H14N2O. The fourth-order valence-electron chi connectivity index (χ4n) is 1.98. The molecule has 0 spiro atoms. The molecule has 0 fully saturated rings. The van der Waals surface area contributed by atoms with E-state index in [0.29, 0.717) is 5.76 Å². The van der Waals surface area contributed by atoms with Gasteiger partial charge < -0.3 is 4.42 Å². The molecule has 3 rings (SSSR count). The standard InChI is InChI=1S/C18H14N2O/c1-3-8-15(9-4-1)18(16-10-5-2-6-11-16)20-19-14-17-12-7-13-21-17/h1-14H/b19-14-. The van der Waals surface area contributed by atoms with E-state index in [0.717, 1.165) is 16.8 Å². The zero-order valence-electron chi connectivity index (χ0n) is 11.4. The van der Waals surface area contributed by atoms with Crippen LogP contribution in [-0.2, 0) is 0 Å². The van der Waals surface area contributed by atoms with Gasteiger partial charge in [0.05, 0.1) is 12.5 Å². The highest BCUT2D eigenvalue weighted by molar-refractivity contribution is 6.12. The molecule has 1 aromatic heterocycles. The molecule has 0 N–H and O–H groups in total. The monoisotopic (exact) mass is 274 g/mol. The maximum Gasteiger partial charge on any atom is 0.146 e. The van der Waals surface area contributed by atoms with E-state index in [-0.39, 0.29) is 0 Å². The first-order chi connectivity index (χ1) is 10.4. The third-order valence-electron chi connectivity index (χ3n) is 2.98. The van der Waals surface area contributed by atoms with E-state index in [9.17, 15) is 0 Å². The molecule has 0 atom stereocenters. The van der Waals surface area contributed by atoms with Gasteiger partial charge in [0.25, 0.3) is 0 Å². The normalized spacial score (nSPS) is 10.7. The summed E-state index contributed by atoms with van der Waals surface area (Å²) in [6.07, 6.45) is 3.21. The van der Waals surface area contributed by atoms with E-state index >= 15 is 0 Å². The van der Waals surface area contributed by atoms with Crippen molar-refractivity contribution in [2.24, 2.45) is 10.2 Å². The average molecular weight is 274 g/mol. The number of benzene rings is 2. The van der Waals surface area contributed by atoms with Gasteiger partial charge in [-0.3, -0.25) is 0 Å². The van der Waals surface area contributed by atoms with Gasteiger partial charge in [-0.2, -0.15) is 5.10 Å². The van der Waals surface area contributed by atoms with Crippen molar-refractivity contribution in [1.82, 2.24) is 0 Å². The number of rotatable bonds is 4. The van der Waals surface area contributed by atoms with Crippen LogP contribution in [0.3, 0.4) is 0 Å². The second-order valence-corrected chi connectivity index (χ2v) is 4.44. The highest BCUT2D eigenvalue weighted by Crippen LogP contribution is 2.11. The van der Waals surface area contributed by atoms with E-state index in [1.807, 2.05) is 72.8 Å². The predicted molar refractivity (Wildman–Crippen MR) is 84.8 cm³/mol. The molecule has 0 saturated carbocycles. The molecule has 3 nitrogen and oxygen atoms in total. The first kappa shape index (κ1) is 13.1. The molecule has 21 heavy (non-hydrogen) atoms. The molecular weight excluding hydrogens is 260 g/mol. The summed E-state index contributed by atoms with van der Waals surface area (Å²) in [7, 11) is 0. The molecule has 0 saturated heterocycles. The Labute approximate surface area is 123 Å². The van der Waals surface area contributed by atoms with Crippen molar-refractivity contribution < 1.29 is 4.42 Å². The minimum absolute atomic E-state index is 0.680. The Hall–Kier alpha value is -2.94. The van der Waals surface area contributed by atoms with E-state index in [1.54, 1.807) is 12.5 Å². The maximum atomic E-state index is 5.21. The summed E-state index contributed by atoms with van der Waals surface area (Å²) in [6, 6.07) is 23.7. The van der Waals surface area contributed by atoms with Crippen molar-refractivity contribution in [2.75, 3.05) is 0 Å². The lowest BCUT2D eigenvalue weighted by atomic mass is 10.0. The Morgan fingerprint density at radius 3 is 1.90 bits per heavy atom. The quantitative estimate of drug-likeness (QED) is 0.520. The van der Waals surface area contributed by atoms with E-state index in [2.05, 4.69) is 10.2 Å². The van der Waals surface area contributed by atoms with E-state index < -0.39 is 0 Å². The van der Waals surface area contributed by atoms with Crippen molar-refractivity contribution in [3.63, 3.8) is 0 Å². The lowest BCUT2D eigenvalue weighted by molar-refractivity contribution is 0.560. The summed E-state index contributed by atoms with van der Waals surface area (Å²) in [5, 5.41) is 8.50. The summed E-state index contributed by atoms with van der Waals surface area (Å²) in [4.78, 5) is 0. The van der Waals surface area contributed by atoms with Crippen molar-refractivity contribution in [2.45, 2.75) is 0 Å². The van der Waals surface area contributed by atoms with Crippen molar-refractivity contribution >= 4 is 11.9 Å². The predicted octanol–water partition coefficient (Wildman–Crippen LogP) is 4.15. The van der Waals surface area contributed by atoms with Crippen LogP contribution in [0.25, 0.3) is 0 Å². The van der Waals surface area contributed by atoms with Crippen LogP contribution in [0.2, 0.25) is 0 Å². The fraction of sp³-hybridized carbons (Fsp3) is 0. The largest absolute Gasteiger partial charge is 0.463 e. The topological polar surface area (TPSA) is 37.9 Å². The molecule has 102 valence electrons. The minimum Gasteiger partial charge on any atom is -0.463 e. The SMILES string of the molecule is C(=N/N=C(c1ccccc1)c1ccccc1)/c1ccco1. The molecule has 1 heterocycles. The average Bonchev–Trinajstić information content (AvgIpc) is 3.07. The van der Waals surface area contributed by atoms with Gasteiger partial charge in [0.2, 0.25) is 0 Å². The van der Waals surface area contributed by atoms with Gasteiger partial charge in [-0.1, -0.05) is 60.7 Å². The van der Waals surface area contributed by atoms with Crippen LogP contribution in [0, 0.1) is 0 Å². The Bertz CT molecular complexity index is 688. The third-order valence-corrected chi connectivity index (χ3v) is 2.98. The summed E-state index contributed by atoms with van der Waals surface area (Å²) < 4.78 is 5.21. The summed E-state index contributed by atoms with van der Waals surface area (Å²) >= 11 is 0. The zero-order valence-corrected chi connectivity index (χ0v) is 11.4. The van der Waals surface area contributed by atoms with Crippen LogP contribution < -0.4 is 0 Å². The zero-order chi connectivity index (χ0) is 14.3. The molecule has 2 aromatic carbocycles. The van der Waals surface area contributed by atoms with Crippen molar-refractivity contribution in [3.8, 4) is 0 Å². The number of hydrogen-bond donors (Lipinski definition) is 0. The van der Waals surface area contributed by atoms with Crippen LogP contribution in [0.1, 0.15) is 16.9 Å². The van der Waals surface area contributed by atoms with E-state index in [4.69, 9.17) is 4.42 Å². The van der Waals surface area contributed by atoms with Gasteiger partial charge in [0, 0.05) is 11.1 Å². The van der Waals surface area contributed by atoms with Gasteiger partial charge in [0.1, 0.15) is 11.5 Å². The maximum absolute atomic E-state index is 5.21. The van der Waals surface area contributed by atoms with Gasteiger partial charge in [-0.25, -0.2) is 0 Å². The number of nitrogens with zero attached hydrogens (tertiary/aromatic N) is 2. The molecule has 3 heteroatoms. The summed E-state index contributed by atoms with van der Waals surface area (Å²) in [6.45, 7) is 0. The highest BCUT2D eigenvalue weighted by atomic mass is 16.3. The van der Waals surface area contributed by atoms with Crippen LogP contribution in [0.5, 0.6) is 0 Å². The van der Waals surface area contributed by atoms with Crippen LogP contribution >= 0.6 is 0 Å². The minimum atomic E-state index is 0.680. The third kappa shape index (κ3) is 3.34. The smallest absolute Gasteiger partial charge is 0.146 e. The lowest BCUT2D eigenvalue weighted by Crippen LogP contribution is -2.02. The Morgan fingerprint density at radius 2 is 1.38 bits per heavy atom. The summed E-state index contributed by atoms with van der Waals surface area (Å²) in [5.74, 6) is 0.680. The van der Waals surface area contributed by atoms with Crippen LogP contribution in [-0.4, -0.2) is 11.9 Å². The Morgan fingerprint density at radius 1 is 0.762 bits per heavy atom. The van der Waals surface area contributed by atoms with Gasteiger partial charge in [-0.05, 0) is 12.1 Å². The van der Waals surface area contributed by atoms with Crippen molar-refractivity contribution in [1.29, 1.82) is 0 Å². The first-order valence-electron chi connectivity index (χ1n) is 6.69. The Balaban J connectivity index is 1.97. The first-order valence-corrected chi connectivity index (χ1v) is 6.69. The molecule has 0 aliphatic heterocycles. The van der Waals surface area contributed by atoms with Crippen molar-refractivity contribution in [3.05, 3.63) is 95.9 Å². The molecule has 0 bridgehead atoms. The molecule has 0 aliphatic carbocycles. The van der Waals surface area contributed by atoms with Crippen LogP contribution in [0.15, 0.2) is 93.7 Å². The molecule has 0 radical (unpaired) electrons. The molecule has 3 aromatic rings. The summed E-state index contributed by atoms with van der Waals surface area (Å²) in [5.41, 5.74) is 2.89. The van der Waals surface area contributed by atoms with Gasteiger partial charge in [0.15, 0.2) is 0 Å². The second-order valence-electron chi connectivity index (χ2n) is 4.44. The fourth-order valence-corrected chi connectivity index (χ4v) is 1.98. The second kappa shape index (κ2) is 6.48. The molecule has 0 amide bonds. The molecule has 0 unspecified atom stereocenters. The molecule has 0 aliphatic rings. The van der Waals surface area contributed by atoms with Gasteiger partial charge >= 0.3 is 0 Å².